The van der Waals surface area contributed by atoms with Crippen LogP contribution in [0.3, 0.4) is 0 Å². The maximum absolute atomic E-state index is 9.00. The summed E-state index contributed by atoms with van der Waals surface area (Å²) in [6.45, 7) is 1.08. The van der Waals surface area contributed by atoms with Gasteiger partial charge in [0.1, 0.15) is 0 Å². The number of aliphatic carboxylic acids is 1. The van der Waals surface area contributed by atoms with Crippen LogP contribution in [-0.4, -0.2) is 11.1 Å². The van der Waals surface area contributed by atoms with Gasteiger partial charge in [-0.05, 0) is 0 Å². The number of rotatable bonds is 0. The van der Waals surface area contributed by atoms with Crippen molar-refractivity contribution in [1.82, 2.24) is 0 Å². The molecule has 0 atom stereocenters. The van der Waals surface area contributed by atoms with Gasteiger partial charge in [-0.25, -0.2) is 0 Å². The van der Waals surface area contributed by atoms with Crippen molar-refractivity contribution in [1.29, 1.82) is 0 Å². The van der Waals surface area contributed by atoms with Gasteiger partial charge in [-0.15, -0.1) is 24.8 Å². The predicted octanol–water partition coefficient (Wildman–Crippen LogP) is 0.929. The Hall–Kier alpha value is 1.45. The summed E-state index contributed by atoms with van der Waals surface area (Å²) < 4.78 is 0. The van der Waals surface area contributed by atoms with E-state index in [1.807, 2.05) is 0 Å². The Morgan fingerprint density at radius 2 is 1.38 bits per heavy atom. The van der Waals surface area contributed by atoms with Gasteiger partial charge in [0, 0.05) is 49.7 Å². The zero-order valence-electron chi connectivity index (χ0n) is 3.79. The Kier molecular flexibility index (Phi) is 101. The van der Waals surface area contributed by atoms with Crippen LogP contribution in [0.5, 0.6) is 0 Å². The van der Waals surface area contributed by atoms with E-state index in [1.165, 1.54) is 0 Å². The minimum Gasteiger partial charge on any atom is -0.481 e. The number of hydrogen-bond donors (Lipinski definition) is 1. The summed E-state index contributed by atoms with van der Waals surface area (Å²) in [6.07, 6.45) is 0. The quantitative estimate of drug-likeness (QED) is 0.662. The molecule has 0 aliphatic carbocycles. The Morgan fingerprint density at radius 1 is 1.38 bits per heavy atom. The SMILES string of the molecule is CC(=O)O.Cl.Cl.[Ag].[Pd]. The van der Waals surface area contributed by atoms with Crippen molar-refractivity contribution >= 4 is 30.8 Å². The zero-order valence-corrected chi connectivity index (χ0v) is 8.46. The maximum Gasteiger partial charge on any atom is 0.300 e. The Bertz CT molecular complexity index is 41.0. The summed E-state index contributed by atoms with van der Waals surface area (Å²) in [6, 6.07) is 0. The van der Waals surface area contributed by atoms with Crippen LogP contribution in [0.4, 0.5) is 0 Å². The first-order valence-electron chi connectivity index (χ1n) is 0.928. The van der Waals surface area contributed by atoms with Crippen molar-refractivity contribution < 1.29 is 52.7 Å². The van der Waals surface area contributed by atoms with Crippen molar-refractivity contribution in [3.05, 3.63) is 0 Å². The fourth-order valence-electron chi connectivity index (χ4n) is 0. The molecule has 0 heterocycles. The van der Waals surface area contributed by atoms with Gasteiger partial charge in [0.15, 0.2) is 0 Å². The Balaban J connectivity index is -0.00000000750. The molecule has 0 aliphatic heterocycles. The monoisotopic (exact) mass is 345 g/mol. The first kappa shape index (κ1) is 34.1. The van der Waals surface area contributed by atoms with E-state index in [0.29, 0.717) is 0 Å². The third kappa shape index (κ3) is 147. The van der Waals surface area contributed by atoms with Crippen LogP contribution < -0.4 is 0 Å². The number of carboxylic acids is 1. The van der Waals surface area contributed by atoms with Crippen LogP contribution in [0.2, 0.25) is 0 Å². The topological polar surface area (TPSA) is 37.3 Å². The van der Waals surface area contributed by atoms with Gasteiger partial charge in [0.25, 0.3) is 5.97 Å². The molecule has 1 N–H and O–H groups in total. The van der Waals surface area contributed by atoms with E-state index in [9.17, 15) is 0 Å². The average Bonchev–Trinajstić information content (AvgIpc) is 0.811. The van der Waals surface area contributed by atoms with E-state index < -0.39 is 5.97 Å². The normalized spacial score (nSPS) is 3.12. The first-order valence-corrected chi connectivity index (χ1v) is 0.928. The van der Waals surface area contributed by atoms with Gasteiger partial charge < -0.3 is 5.11 Å². The van der Waals surface area contributed by atoms with Crippen molar-refractivity contribution in [2.75, 3.05) is 0 Å². The van der Waals surface area contributed by atoms with Gasteiger partial charge in [0.2, 0.25) is 0 Å². The molecule has 6 heteroatoms. The molecule has 2 nitrogen and oxygen atoms in total. The van der Waals surface area contributed by atoms with Crippen molar-refractivity contribution in [2.45, 2.75) is 6.92 Å². The molecular formula is C2H6AgCl2O2Pd. The van der Waals surface area contributed by atoms with E-state index in [4.69, 9.17) is 9.90 Å². The third-order valence-electron chi connectivity index (χ3n) is 0. The number of carbonyl (C=O) groups is 1. The molecule has 61 valence electrons. The second kappa shape index (κ2) is 23.7. The van der Waals surface area contributed by atoms with Crippen molar-refractivity contribution in [3.63, 3.8) is 0 Å². The number of carboxylic acid groups (broad SMARTS) is 1. The van der Waals surface area contributed by atoms with Gasteiger partial charge in [-0.2, -0.15) is 0 Å². The predicted molar refractivity (Wildman–Crippen MR) is 27.8 cm³/mol. The van der Waals surface area contributed by atoms with Crippen LogP contribution in [0.1, 0.15) is 6.92 Å². The standard InChI is InChI=1S/C2H4O2.Ag.2ClH.Pd/c1-2(3)4;;;;/h1H3,(H,3,4);;2*1H;. The molecule has 0 bridgehead atoms. The summed E-state index contributed by atoms with van der Waals surface area (Å²) in [5.74, 6) is -0.833. The second-order valence-corrected chi connectivity index (χ2v) is 0.519. The summed E-state index contributed by atoms with van der Waals surface area (Å²) in [5, 5.41) is 7.42. The first-order chi connectivity index (χ1) is 1.73. The molecule has 0 aromatic heterocycles. The summed E-state index contributed by atoms with van der Waals surface area (Å²) in [4.78, 5) is 9.00. The molecule has 0 aliphatic rings. The van der Waals surface area contributed by atoms with Crippen LogP contribution in [0.25, 0.3) is 0 Å². The van der Waals surface area contributed by atoms with Crippen LogP contribution >= 0.6 is 24.8 Å². The fraction of sp³-hybridized carbons (Fsp3) is 0.500. The molecule has 0 saturated carbocycles. The molecule has 0 amide bonds. The van der Waals surface area contributed by atoms with E-state index in [-0.39, 0.29) is 67.6 Å². The van der Waals surface area contributed by atoms with E-state index >= 15 is 0 Å². The average molecular weight is 347 g/mol. The third-order valence-corrected chi connectivity index (χ3v) is 0. The van der Waals surface area contributed by atoms with Crippen molar-refractivity contribution in [2.24, 2.45) is 0 Å². The maximum atomic E-state index is 9.00. The molecule has 0 saturated heterocycles. The van der Waals surface area contributed by atoms with Gasteiger partial charge in [-0.3, -0.25) is 4.79 Å². The minimum atomic E-state index is -0.833. The van der Waals surface area contributed by atoms with E-state index in [0.717, 1.165) is 6.92 Å². The number of hydrogen-bond acceptors (Lipinski definition) is 1. The molecule has 0 aromatic rings. The van der Waals surface area contributed by atoms with Gasteiger partial charge >= 0.3 is 0 Å². The smallest absolute Gasteiger partial charge is 0.300 e. The largest absolute Gasteiger partial charge is 0.481 e. The Labute approximate surface area is 89.8 Å². The number of halogens is 2. The fourth-order valence-corrected chi connectivity index (χ4v) is 0. The van der Waals surface area contributed by atoms with Crippen molar-refractivity contribution in [3.8, 4) is 0 Å². The molecule has 8 heavy (non-hydrogen) atoms. The molecule has 0 rings (SSSR count). The molecule has 0 unspecified atom stereocenters. The molecular weight excluding hydrogens is 341 g/mol. The summed E-state index contributed by atoms with van der Waals surface area (Å²) >= 11 is 0. The van der Waals surface area contributed by atoms with Crippen LogP contribution in [0, 0.1) is 0 Å². The van der Waals surface area contributed by atoms with Crippen LogP contribution in [0.15, 0.2) is 0 Å². The summed E-state index contributed by atoms with van der Waals surface area (Å²) in [5.41, 5.74) is 0. The van der Waals surface area contributed by atoms with Gasteiger partial charge in [0.05, 0.1) is 0 Å². The minimum absolute atomic E-state index is 0. The molecule has 1 radical (unpaired) electrons. The zero-order chi connectivity index (χ0) is 3.58. The van der Waals surface area contributed by atoms with E-state index in [2.05, 4.69) is 0 Å². The molecule has 0 fully saturated rings. The second-order valence-electron chi connectivity index (χ2n) is 0.519. The van der Waals surface area contributed by atoms with Gasteiger partial charge in [-0.1, -0.05) is 0 Å². The molecule has 0 spiro atoms. The van der Waals surface area contributed by atoms with Crippen LogP contribution in [-0.2, 0) is 47.6 Å². The Morgan fingerprint density at radius 3 is 1.38 bits per heavy atom. The summed E-state index contributed by atoms with van der Waals surface area (Å²) in [7, 11) is 0. The molecule has 0 aromatic carbocycles. The van der Waals surface area contributed by atoms with E-state index in [1.54, 1.807) is 0 Å².